The van der Waals surface area contributed by atoms with Crippen LogP contribution < -0.4 is 0 Å². The van der Waals surface area contributed by atoms with Gasteiger partial charge in [-0.05, 0) is 35.7 Å². The van der Waals surface area contributed by atoms with Gasteiger partial charge in [-0.1, -0.05) is 12.2 Å². The normalized spacial score (nSPS) is 16.5. The molecule has 0 amide bonds. The molecule has 0 spiro atoms. The van der Waals surface area contributed by atoms with Crippen LogP contribution in [0.25, 0.3) is 0 Å². The fourth-order valence-electron chi connectivity index (χ4n) is 1.25. The minimum Gasteiger partial charge on any atom is -0.346 e. The molecule has 0 bridgehead atoms. The Bertz CT molecular complexity index is 368. The molecule has 0 atom stereocenters. The Morgan fingerprint density at radius 1 is 1.58 bits per heavy atom. The Kier molecular flexibility index (Phi) is 2.04. The first kappa shape index (κ1) is 8.38. The maximum atomic E-state index is 5.10. The summed E-state index contributed by atoms with van der Waals surface area (Å²) in [6.07, 6.45) is 2.54. The second kappa shape index (κ2) is 2.92. The second-order valence-corrected chi connectivity index (χ2v) is 4.31. The summed E-state index contributed by atoms with van der Waals surface area (Å²) in [5, 5.41) is 0. The molecule has 1 saturated carbocycles. The summed E-state index contributed by atoms with van der Waals surface area (Å²) in [4.78, 5) is 7.41. The molecule has 0 radical (unpaired) electrons. The molecule has 1 aromatic rings. The lowest BCUT2D eigenvalue weighted by Crippen LogP contribution is -1.95. The third kappa shape index (κ3) is 1.45. The molecule has 0 aromatic carbocycles. The fourth-order valence-corrected chi connectivity index (χ4v) is 2.01. The quantitative estimate of drug-likeness (QED) is 0.770. The predicted molar refractivity (Wildman–Crippen MR) is 53.8 cm³/mol. The van der Waals surface area contributed by atoms with Crippen molar-refractivity contribution < 1.29 is 0 Å². The number of rotatable bonds is 1. The summed E-state index contributed by atoms with van der Waals surface area (Å²) in [7, 11) is 0. The Labute approximate surface area is 84.6 Å². The van der Waals surface area contributed by atoms with E-state index in [4.69, 9.17) is 12.2 Å². The lowest BCUT2D eigenvalue weighted by atomic mass is 10.3. The van der Waals surface area contributed by atoms with Gasteiger partial charge in [-0.2, -0.15) is 0 Å². The van der Waals surface area contributed by atoms with Crippen molar-refractivity contribution in [1.29, 1.82) is 0 Å². The third-order valence-electron chi connectivity index (χ3n) is 1.99. The van der Waals surface area contributed by atoms with Gasteiger partial charge >= 0.3 is 0 Å². The Morgan fingerprint density at radius 3 is 2.83 bits per heavy atom. The first-order valence-electron chi connectivity index (χ1n) is 3.95. The molecule has 0 unspecified atom stereocenters. The van der Waals surface area contributed by atoms with Crippen LogP contribution in [0.2, 0.25) is 0 Å². The van der Waals surface area contributed by atoms with Crippen LogP contribution in [0.15, 0.2) is 4.47 Å². The van der Waals surface area contributed by atoms with E-state index in [9.17, 15) is 0 Å². The predicted octanol–water partition coefficient (Wildman–Crippen LogP) is 3.09. The number of H-pyrrole nitrogens is 1. The van der Waals surface area contributed by atoms with Gasteiger partial charge in [0.2, 0.25) is 0 Å². The van der Waals surface area contributed by atoms with Crippen molar-refractivity contribution in [2.24, 2.45) is 0 Å². The number of aromatic nitrogens is 2. The molecule has 1 aromatic heterocycles. The minimum atomic E-state index is 0.674. The molecule has 1 N–H and O–H groups in total. The van der Waals surface area contributed by atoms with Gasteiger partial charge < -0.3 is 4.98 Å². The average molecular weight is 245 g/mol. The summed E-state index contributed by atoms with van der Waals surface area (Å²) in [5.41, 5.74) is 1.23. The molecular formula is C8H9BrN2S. The van der Waals surface area contributed by atoms with Crippen molar-refractivity contribution in [2.75, 3.05) is 0 Å². The second-order valence-electron chi connectivity index (χ2n) is 3.13. The van der Waals surface area contributed by atoms with E-state index in [1.165, 1.54) is 18.5 Å². The van der Waals surface area contributed by atoms with Crippen LogP contribution in [0.3, 0.4) is 0 Å². The summed E-state index contributed by atoms with van der Waals surface area (Å²) in [6, 6.07) is 0. The molecule has 12 heavy (non-hydrogen) atoms. The van der Waals surface area contributed by atoms with Crippen molar-refractivity contribution in [1.82, 2.24) is 9.97 Å². The van der Waals surface area contributed by atoms with Crippen LogP contribution in [-0.2, 0) is 0 Å². The van der Waals surface area contributed by atoms with Crippen LogP contribution in [0, 0.1) is 11.6 Å². The Hall–Kier alpha value is -0.220. The molecule has 64 valence electrons. The molecule has 1 aliphatic carbocycles. The molecule has 4 heteroatoms. The highest BCUT2D eigenvalue weighted by Gasteiger charge is 2.27. The molecule has 2 rings (SSSR count). The van der Waals surface area contributed by atoms with E-state index in [1.54, 1.807) is 0 Å². The highest BCUT2D eigenvalue weighted by molar-refractivity contribution is 9.10. The molecule has 1 aliphatic rings. The third-order valence-corrected chi connectivity index (χ3v) is 3.36. The van der Waals surface area contributed by atoms with Crippen molar-refractivity contribution in [2.45, 2.75) is 25.7 Å². The first-order valence-corrected chi connectivity index (χ1v) is 5.15. The smallest absolute Gasteiger partial charge is 0.144 e. The topological polar surface area (TPSA) is 28.7 Å². The van der Waals surface area contributed by atoms with Crippen LogP contribution in [0.1, 0.15) is 30.3 Å². The largest absolute Gasteiger partial charge is 0.346 e. The number of aromatic amines is 1. The lowest BCUT2D eigenvalue weighted by Gasteiger charge is -2.03. The van der Waals surface area contributed by atoms with Gasteiger partial charge in [0.25, 0.3) is 0 Å². The summed E-state index contributed by atoms with van der Waals surface area (Å²) >= 11 is 8.55. The Morgan fingerprint density at radius 2 is 2.25 bits per heavy atom. The van der Waals surface area contributed by atoms with E-state index in [0.717, 1.165) is 10.3 Å². The SMILES string of the molecule is Cc1nc(=S)c(Br)c(C2CC2)[nH]1. The number of aryl methyl sites for hydroxylation is 1. The highest BCUT2D eigenvalue weighted by Crippen LogP contribution is 2.42. The van der Waals surface area contributed by atoms with Crippen LogP contribution >= 0.6 is 28.1 Å². The average Bonchev–Trinajstić information content (AvgIpc) is 2.79. The van der Waals surface area contributed by atoms with E-state index >= 15 is 0 Å². The number of halogens is 1. The van der Waals surface area contributed by atoms with Gasteiger partial charge in [-0.25, -0.2) is 4.98 Å². The zero-order valence-corrected chi connectivity index (χ0v) is 9.13. The van der Waals surface area contributed by atoms with Gasteiger partial charge in [0.15, 0.2) is 0 Å². The number of hydrogen-bond donors (Lipinski definition) is 1. The van der Waals surface area contributed by atoms with Crippen molar-refractivity contribution in [3.8, 4) is 0 Å². The number of nitrogens with zero attached hydrogens (tertiary/aromatic N) is 1. The molecule has 1 heterocycles. The van der Waals surface area contributed by atoms with Gasteiger partial charge in [-0.3, -0.25) is 0 Å². The van der Waals surface area contributed by atoms with E-state index in [-0.39, 0.29) is 0 Å². The van der Waals surface area contributed by atoms with Crippen LogP contribution in [0.5, 0.6) is 0 Å². The van der Waals surface area contributed by atoms with E-state index in [1.807, 2.05) is 6.92 Å². The number of hydrogen-bond acceptors (Lipinski definition) is 2. The molecule has 2 nitrogen and oxygen atoms in total. The van der Waals surface area contributed by atoms with Crippen molar-refractivity contribution >= 4 is 28.1 Å². The molecule has 1 fully saturated rings. The maximum absolute atomic E-state index is 5.10. The molecule has 0 aliphatic heterocycles. The van der Waals surface area contributed by atoms with Gasteiger partial charge in [0.05, 0.1) is 4.47 Å². The van der Waals surface area contributed by atoms with Crippen molar-refractivity contribution in [3.05, 3.63) is 20.6 Å². The Balaban J connectivity index is 2.58. The van der Waals surface area contributed by atoms with Gasteiger partial charge in [0, 0.05) is 11.6 Å². The number of nitrogens with one attached hydrogen (secondary N) is 1. The highest BCUT2D eigenvalue weighted by atomic mass is 79.9. The van der Waals surface area contributed by atoms with E-state index in [0.29, 0.717) is 10.6 Å². The molecule has 0 saturated heterocycles. The maximum Gasteiger partial charge on any atom is 0.144 e. The lowest BCUT2D eigenvalue weighted by molar-refractivity contribution is 0.920. The van der Waals surface area contributed by atoms with Gasteiger partial charge in [-0.15, -0.1) is 0 Å². The van der Waals surface area contributed by atoms with Gasteiger partial charge in [0.1, 0.15) is 10.5 Å². The van der Waals surface area contributed by atoms with Crippen LogP contribution in [0.4, 0.5) is 0 Å². The minimum absolute atomic E-state index is 0.674. The standard InChI is InChI=1S/C8H9BrN2S/c1-4-10-7(5-2-3-5)6(9)8(12)11-4/h5H,2-3H2,1H3,(H,10,11,12). The van der Waals surface area contributed by atoms with Crippen LogP contribution in [-0.4, -0.2) is 9.97 Å². The first-order chi connectivity index (χ1) is 5.68. The zero-order chi connectivity index (χ0) is 8.72. The summed E-state index contributed by atoms with van der Waals surface area (Å²) in [6.45, 7) is 1.94. The summed E-state index contributed by atoms with van der Waals surface area (Å²) in [5.74, 6) is 1.59. The van der Waals surface area contributed by atoms with E-state index < -0.39 is 0 Å². The molecular weight excluding hydrogens is 236 g/mol. The zero-order valence-electron chi connectivity index (χ0n) is 6.72. The van der Waals surface area contributed by atoms with Crippen molar-refractivity contribution in [3.63, 3.8) is 0 Å². The fraction of sp³-hybridized carbons (Fsp3) is 0.500. The summed E-state index contributed by atoms with van der Waals surface area (Å²) < 4.78 is 1.65. The van der Waals surface area contributed by atoms with E-state index in [2.05, 4.69) is 25.9 Å². The monoisotopic (exact) mass is 244 g/mol.